The summed E-state index contributed by atoms with van der Waals surface area (Å²) in [7, 11) is 1.30. The van der Waals surface area contributed by atoms with Crippen LogP contribution in [0.25, 0.3) is 0 Å². The lowest BCUT2D eigenvalue weighted by Crippen LogP contribution is -2.54. The van der Waals surface area contributed by atoms with Crippen molar-refractivity contribution >= 4 is 17.9 Å². The van der Waals surface area contributed by atoms with Crippen LogP contribution in [0.1, 0.15) is 74.7 Å². The molecule has 31 heavy (non-hydrogen) atoms. The zero-order valence-electron chi connectivity index (χ0n) is 20.6. The fraction of sp³-hybridized carbons (Fsp3) is 0.875. The van der Waals surface area contributed by atoms with Gasteiger partial charge >= 0.3 is 17.9 Å². The van der Waals surface area contributed by atoms with Crippen molar-refractivity contribution in [2.75, 3.05) is 7.11 Å². The average Bonchev–Trinajstić information content (AvgIpc) is 3.21. The molecule has 3 fully saturated rings. The quantitative estimate of drug-likeness (QED) is 0.516. The normalized spacial score (nSPS) is 33.2. The Bertz CT molecular complexity index is 700. The van der Waals surface area contributed by atoms with Crippen LogP contribution in [0.5, 0.6) is 0 Å². The topological polar surface area (TPSA) is 105 Å². The third kappa shape index (κ3) is 5.60. The molecule has 178 valence electrons. The molecule has 0 spiro atoms. The maximum Gasteiger partial charge on any atom is 0.326 e. The lowest BCUT2D eigenvalue weighted by atomic mass is 9.77. The van der Waals surface area contributed by atoms with Crippen molar-refractivity contribution in [1.29, 1.82) is 0 Å². The number of ether oxygens (including phenoxy) is 3. The van der Waals surface area contributed by atoms with Gasteiger partial charge in [-0.25, -0.2) is 0 Å². The van der Waals surface area contributed by atoms with Crippen molar-refractivity contribution in [3.8, 4) is 0 Å². The summed E-state index contributed by atoms with van der Waals surface area (Å²) in [6, 6.07) is 0. The van der Waals surface area contributed by atoms with Crippen LogP contribution in [0, 0.1) is 34.5 Å². The van der Waals surface area contributed by atoms with E-state index >= 15 is 0 Å². The van der Waals surface area contributed by atoms with Gasteiger partial charge in [0.25, 0.3) is 0 Å². The van der Waals surface area contributed by atoms with Crippen molar-refractivity contribution in [2.45, 2.75) is 92.4 Å². The maximum atomic E-state index is 12.9. The number of nitrogens with two attached hydrogens (primary N) is 1. The average molecular weight is 440 g/mol. The number of esters is 3. The zero-order valence-corrected chi connectivity index (χ0v) is 20.6. The van der Waals surface area contributed by atoms with Gasteiger partial charge in [-0.05, 0) is 30.1 Å². The highest BCUT2D eigenvalue weighted by Crippen LogP contribution is 2.59. The Morgan fingerprint density at radius 3 is 2.10 bits per heavy atom. The van der Waals surface area contributed by atoms with Gasteiger partial charge in [-0.1, -0.05) is 55.4 Å². The highest BCUT2D eigenvalue weighted by atomic mass is 16.6. The fourth-order valence-corrected chi connectivity index (χ4v) is 5.13. The minimum Gasteiger partial charge on any atom is -0.469 e. The van der Waals surface area contributed by atoms with Crippen LogP contribution in [0.3, 0.4) is 0 Å². The molecule has 7 atom stereocenters. The number of fused-ring (bicyclic) bond motifs is 1. The van der Waals surface area contributed by atoms with E-state index in [0.717, 1.165) is 0 Å². The molecular weight excluding hydrogens is 398 g/mol. The summed E-state index contributed by atoms with van der Waals surface area (Å²) < 4.78 is 16.1. The Balaban J connectivity index is 0.000000614. The fourth-order valence-electron chi connectivity index (χ4n) is 5.13. The van der Waals surface area contributed by atoms with Crippen LogP contribution in [-0.2, 0) is 28.6 Å². The van der Waals surface area contributed by atoms with Crippen LogP contribution in [0.15, 0.2) is 0 Å². The standard InChI is InChI=1S/C19H29NO6.C5H12/c1-6-19(20,8-18(2,3)4)17(23)26-14-9-7-10-12(11(9)15(21)24-5)16(22)25-13(10)14;1-5(2,3)4/h9-14H,6-8,20H2,1-5H3;1-4H3. The van der Waals surface area contributed by atoms with Gasteiger partial charge in [0.05, 0.1) is 18.9 Å². The highest BCUT2D eigenvalue weighted by molar-refractivity contribution is 5.86. The van der Waals surface area contributed by atoms with Crippen molar-refractivity contribution < 1.29 is 28.6 Å². The lowest BCUT2D eigenvalue weighted by molar-refractivity contribution is -0.171. The van der Waals surface area contributed by atoms with E-state index in [1.54, 1.807) is 0 Å². The van der Waals surface area contributed by atoms with Crippen LogP contribution in [-0.4, -0.2) is 42.8 Å². The van der Waals surface area contributed by atoms with Crippen LogP contribution in [0.2, 0.25) is 0 Å². The first-order valence-corrected chi connectivity index (χ1v) is 11.3. The summed E-state index contributed by atoms with van der Waals surface area (Å²) in [5.74, 6) is -2.75. The number of carbonyl (C=O) groups is 3. The Morgan fingerprint density at radius 2 is 1.65 bits per heavy atom. The van der Waals surface area contributed by atoms with E-state index in [-0.39, 0.29) is 23.2 Å². The van der Waals surface area contributed by atoms with E-state index in [9.17, 15) is 14.4 Å². The molecule has 0 aromatic heterocycles. The summed E-state index contributed by atoms with van der Waals surface area (Å²) in [5, 5.41) is 0. The van der Waals surface area contributed by atoms with Crippen LogP contribution >= 0.6 is 0 Å². The molecule has 1 saturated heterocycles. The number of methoxy groups -OCH3 is 1. The Labute approximate surface area is 186 Å². The van der Waals surface area contributed by atoms with Gasteiger partial charge in [-0.2, -0.15) is 0 Å². The summed E-state index contributed by atoms with van der Waals surface area (Å²) in [6.07, 6.45) is 0.440. The SMILES string of the molecule is CC(C)(C)C.CCC(N)(CC(C)(C)C)C(=O)OC1C2CC3C1OC(=O)C3C2C(=O)OC. The molecule has 2 aliphatic carbocycles. The summed E-state index contributed by atoms with van der Waals surface area (Å²) in [4.78, 5) is 37.3. The predicted molar refractivity (Wildman–Crippen MR) is 117 cm³/mol. The molecule has 0 aromatic rings. The summed E-state index contributed by atoms with van der Waals surface area (Å²) in [5.41, 5.74) is 5.63. The minimum atomic E-state index is -1.11. The number of hydrogen-bond acceptors (Lipinski definition) is 7. The van der Waals surface area contributed by atoms with Crippen LogP contribution < -0.4 is 5.73 Å². The zero-order chi connectivity index (χ0) is 23.9. The molecule has 0 radical (unpaired) electrons. The molecule has 3 aliphatic rings. The highest BCUT2D eigenvalue weighted by Gasteiger charge is 2.70. The molecule has 2 bridgehead atoms. The number of carbonyl (C=O) groups excluding carboxylic acids is 3. The van der Waals surface area contributed by atoms with Gasteiger partial charge in [0.2, 0.25) is 0 Å². The lowest BCUT2D eigenvalue weighted by Gasteiger charge is -2.36. The largest absolute Gasteiger partial charge is 0.469 e. The second-order valence-electron chi connectivity index (χ2n) is 12.2. The first kappa shape index (κ1) is 25.6. The van der Waals surface area contributed by atoms with E-state index in [4.69, 9.17) is 19.9 Å². The first-order valence-electron chi connectivity index (χ1n) is 11.3. The molecule has 2 N–H and O–H groups in total. The third-order valence-corrected chi connectivity index (χ3v) is 6.15. The van der Waals surface area contributed by atoms with Crippen molar-refractivity contribution in [1.82, 2.24) is 0 Å². The number of hydrogen-bond donors (Lipinski definition) is 1. The Hall–Kier alpha value is -1.63. The molecular formula is C24H41NO6. The maximum absolute atomic E-state index is 12.9. The second kappa shape index (κ2) is 8.72. The minimum absolute atomic E-state index is 0.0918. The van der Waals surface area contributed by atoms with E-state index in [0.29, 0.717) is 24.7 Å². The molecule has 7 nitrogen and oxygen atoms in total. The van der Waals surface area contributed by atoms with Gasteiger partial charge in [0.1, 0.15) is 17.7 Å². The van der Waals surface area contributed by atoms with Gasteiger partial charge in [0.15, 0.2) is 0 Å². The monoisotopic (exact) mass is 439 g/mol. The van der Waals surface area contributed by atoms with Gasteiger partial charge in [-0.15, -0.1) is 0 Å². The van der Waals surface area contributed by atoms with Gasteiger partial charge in [0, 0.05) is 11.8 Å². The summed E-state index contributed by atoms with van der Waals surface area (Å²) >= 11 is 0. The molecule has 1 aliphatic heterocycles. The second-order valence-corrected chi connectivity index (χ2v) is 12.2. The predicted octanol–water partition coefficient (Wildman–Crippen LogP) is 3.47. The van der Waals surface area contributed by atoms with Gasteiger partial charge < -0.3 is 19.9 Å². The van der Waals surface area contributed by atoms with E-state index < -0.39 is 41.5 Å². The van der Waals surface area contributed by atoms with E-state index in [2.05, 4.69) is 27.7 Å². The van der Waals surface area contributed by atoms with Crippen LogP contribution in [0.4, 0.5) is 0 Å². The molecule has 0 amide bonds. The van der Waals surface area contributed by atoms with Crippen molar-refractivity contribution in [2.24, 2.45) is 40.2 Å². The smallest absolute Gasteiger partial charge is 0.326 e. The van der Waals surface area contributed by atoms with Gasteiger partial charge in [-0.3, -0.25) is 14.4 Å². The first-order chi connectivity index (χ1) is 14.0. The Kier molecular flexibility index (Phi) is 7.21. The number of rotatable bonds is 5. The molecule has 1 heterocycles. The summed E-state index contributed by atoms with van der Waals surface area (Å²) in [6.45, 7) is 16.7. The molecule has 2 saturated carbocycles. The Morgan fingerprint density at radius 1 is 1.10 bits per heavy atom. The molecule has 0 aromatic carbocycles. The molecule has 3 rings (SSSR count). The van der Waals surface area contributed by atoms with Crippen molar-refractivity contribution in [3.05, 3.63) is 0 Å². The van der Waals surface area contributed by atoms with E-state index in [1.165, 1.54) is 7.11 Å². The van der Waals surface area contributed by atoms with Crippen molar-refractivity contribution in [3.63, 3.8) is 0 Å². The van der Waals surface area contributed by atoms with E-state index in [1.807, 2.05) is 27.7 Å². The molecule has 7 heteroatoms. The molecule has 7 unspecified atom stereocenters. The third-order valence-electron chi connectivity index (χ3n) is 6.15.